The third kappa shape index (κ3) is 7.93. The first kappa shape index (κ1) is 15.1. The highest BCUT2D eigenvalue weighted by molar-refractivity contribution is 7.08. The molecule has 0 atom stereocenters. The fraction of sp³-hybridized carbons (Fsp3) is 1.00. The summed E-state index contributed by atoms with van der Waals surface area (Å²) < 4.78 is 36.9. The number of ether oxygens (including phenoxy) is 1. The second-order valence-electron chi connectivity index (χ2n) is 3.72. The lowest BCUT2D eigenvalue weighted by Gasteiger charge is -2.31. The monoisotopic (exact) mass is 247 g/mol. The van der Waals surface area contributed by atoms with Gasteiger partial charge in [-0.15, -0.1) is 0 Å². The van der Waals surface area contributed by atoms with E-state index in [0.717, 1.165) is 6.73 Å². The Hall–Kier alpha value is 0.0649. The first-order valence-corrected chi connectivity index (χ1v) is 5.48. The number of rotatable bonds is 3. The van der Waals surface area contributed by atoms with Gasteiger partial charge in [0.1, 0.15) is 0 Å². The Bertz CT molecular complexity index is 168. The Balaban J connectivity index is 0.000000336. The van der Waals surface area contributed by atoms with Crippen LogP contribution in [0.1, 0.15) is 19.8 Å². The molecular formula is C8H18BClF3NO. The lowest BCUT2D eigenvalue weighted by Crippen LogP contribution is -2.46. The van der Waals surface area contributed by atoms with E-state index >= 15 is 0 Å². The predicted molar refractivity (Wildman–Crippen MR) is 56.6 cm³/mol. The molecule has 0 amide bonds. The van der Waals surface area contributed by atoms with E-state index in [1.165, 1.54) is 37.0 Å². The molecule has 0 unspecified atom stereocenters. The molecule has 1 rings (SSSR count). The summed E-state index contributed by atoms with van der Waals surface area (Å²) in [6.45, 7) is 7.04. The summed E-state index contributed by atoms with van der Waals surface area (Å²) in [6, 6.07) is 0. The molecule has 92 valence electrons. The van der Waals surface area contributed by atoms with Gasteiger partial charge in [0.05, 0.1) is 19.6 Å². The van der Waals surface area contributed by atoms with Crippen molar-refractivity contribution >= 4 is 17.9 Å². The van der Waals surface area contributed by atoms with Gasteiger partial charge in [0.2, 0.25) is 0 Å². The normalized spacial score (nSPS) is 19.6. The molecule has 1 fully saturated rings. The largest absolute Gasteiger partial charge is 0.576 e. The number of nitrogens with zero attached hydrogens (tertiary/aromatic N) is 1. The van der Waals surface area contributed by atoms with Gasteiger partial charge in [-0.3, -0.25) is 11.5 Å². The Labute approximate surface area is 93.9 Å². The van der Waals surface area contributed by atoms with Gasteiger partial charge in [0.25, 0.3) is 0 Å². The molecule has 15 heavy (non-hydrogen) atoms. The van der Waals surface area contributed by atoms with E-state index in [4.69, 9.17) is 4.74 Å². The number of hydrogen-bond donors (Lipinski definition) is 0. The van der Waals surface area contributed by atoms with E-state index in [2.05, 4.69) is 18.4 Å². The van der Waals surface area contributed by atoms with Crippen molar-refractivity contribution in [3.63, 3.8) is 0 Å². The third-order valence-electron chi connectivity index (χ3n) is 2.59. The zero-order chi connectivity index (χ0) is 11.9. The molecule has 7 heteroatoms. The van der Waals surface area contributed by atoms with Crippen LogP contribution < -0.4 is 0 Å². The first-order chi connectivity index (χ1) is 6.83. The lowest BCUT2D eigenvalue weighted by atomic mass is 10.4. The van der Waals surface area contributed by atoms with Gasteiger partial charge in [-0.25, -0.2) is 0 Å². The molecule has 0 aliphatic carbocycles. The van der Waals surface area contributed by atoms with Crippen LogP contribution in [0.4, 0.5) is 12.9 Å². The van der Waals surface area contributed by atoms with E-state index < -0.39 is 6.39 Å². The number of methoxy groups -OCH3 is 1. The molecule has 1 aliphatic heterocycles. The first-order valence-electron chi connectivity index (χ1n) is 5.04. The average Bonchev–Trinajstić information content (AvgIpc) is 2.51. The SMILES string of the molecule is CC[N+]1(COC)CCCC1.F[B-](F)(F)Cl. The fourth-order valence-corrected chi connectivity index (χ4v) is 1.82. The Morgan fingerprint density at radius 1 is 1.27 bits per heavy atom. The van der Waals surface area contributed by atoms with Crippen molar-refractivity contribution in [2.75, 3.05) is 33.5 Å². The summed E-state index contributed by atoms with van der Waals surface area (Å²) >= 11 is 3.59. The highest BCUT2D eigenvalue weighted by atomic mass is 35.5. The van der Waals surface area contributed by atoms with Crippen molar-refractivity contribution in [3.05, 3.63) is 0 Å². The molecule has 1 saturated heterocycles. The topological polar surface area (TPSA) is 9.23 Å². The van der Waals surface area contributed by atoms with Gasteiger partial charge in [0.15, 0.2) is 6.73 Å². The number of halogens is 4. The second kappa shape index (κ2) is 6.61. The van der Waals surface area contributed by atoms with Crippen LogP contribution in [0.3, 0.4) is 0 Å². The van der Waals surface area contributed by atoms with Crippen LogP contribution in [0.2, 0.25) is 0 Å². The highest BCUT2D eigenvalue weighted by Crippen LogP contribution is 2.18. The zero-order valence-corrected chi connectivity index (χ0v) is 9.94. The molecule has 0 radical (unpaired) electrons. The number of likely N-dealkylation sites (tertiary alicyclic amines) is 1. The quantitative estimate of drug-likeness (QED) is 0.550. The van der Waals surface area contributed by atoms with Crippen molar-refractivity contribution in [2.45, 2.75) is 19.8 Å². The number of quaternary nitrogens is 1. The number of hydrogen-bond acceptors (Lipinski definition) is 1. The van der Waals surface area contributed by atoms with Crippen LogP contribution >= 0.6 is 11.5 Å². The van der Waals surface area contributed by atoms with Crippen molar-refractivity contribution in [3.8, 4) is 0 Å². The molecule has 0 aromatic heterocycles. The molecular weight excluding hydrogens is 229 g/mol. The van der Waals surface area contributed by atoms with Gasteiger partial charge in [-0.05, 0) is 6.92 Å². The molecule has 0 spiro atoms. The molecule has 0 saturated carbocycles. The van der Waals surface area contributed by atoms with Gasteiger partial charge in [0, 0.05) is 20.0 Å². The van der Waals surface area contributed by atoms with Gasteiger partial charge >= 0.3 is 6.39 Å². The van der Waals surface area contributed by atoms with Gasteiger partial charge < -0.3 is 22.2 Å². The van der Waals surface area contributed by atoms with E-state index in [-0.39, 0.29) is 0 Å². The Morgan fingerprint density at radius 3 is 1.93 bits per heavy atom. The average molecular weight is 247 g/mol. The van der Waals surface area contributed by atoms with Crippen molar-refractivity contribution in [1.29, 1.82) is 0 Å². The minimum atomic E-state index is -5.03. The lowest BCUT2D eigenvalue weighted by molar-refractivity contribution is -0.932. The summed E-state index contributed by atoms with van der Waals surface area (Å²) in [7, 11) is 1.80. The van der Waals surface area contributed by atoms with Crippen LogP contribution in [0, 0.1) is 0 Å². The van der Waals surface area contributed by atoms with E-state index in [1.54, 1.807) is 7.11 Å². The van der Waals surface area contributed by atoms with Crippen LogP contribution in [-0.4, -0.2) is 44.4 Å². The van der Waals surface area contributed by atoms with E-state index in [1.807, 2.05) is 0 Å². The van der Waals surface area contributed by atoms with Crippen molar-refractivity contribution in [1.82, 2.24) is 0 Å². The van der Waals surface area contributed by atoms with Crippen LogP contribution in [-0.2, 0) is 4.74 Å². The molecule has 2 nitrogen and oxygen atoms in total. The smallest absolute Gasteiger partial charge is 0.435 e. The molecule has 1 aliphatic rings. The summed E-state index contributed by atoms with van der Waals surface area (Å²) in [4.78, 5) is 0. The molecule has 0 aromatic carbocycles. The van der Waals surface area contributed by atoms with Crippen molar-refractivity contribution < 1.29 is 22.2 Å². The highest BCUT2D eigenvalue weighted by Gasteiger charge is 2.29. The Kier molecular flexibility index (Phi) is 6.63. The summed E-state index contributed by atoms with van der Waals surface area (Å²) in [5.74, 6) is 0. The van der Waals surface area contributed by atoms with Crippen LogP contribution in [0.5, 0.6) is 0 Å². The van der Waals surface area contributed by atoms with Crippen molar-refractivity contribution in [2.24, 2.45) is 0 Å². The maximum Gasteiger partial charge on any atom is 0.576 e. The van der Waals surface area contributed by atoms with E-state index in [0.29, 0.717) is 0 Å². The Morgan fingerprint density at radius 2 is 1.67 bits per heavy atom. The fourth-order valence-electron chi connectivity index (χ4n) is 1.82. The molecule has 0 bridgehead atoms. The minimum Gasteiger partial charge on any atom is -0.435 e. The van der Waals surface area contributed by atoms with Crippen LogP contribution in [0.25, 0.3) is 0 Å². The van der Waals surface area contributed by atoms with Gasteiger partial charge in [-0.2, -0.15) is 0 Å². The molecule has 0 N–H and O–H groups in total. The second-order valence-corrected chi connectivity index (χ2v) is 4.22. The molecule has 0 aromatic rings. The van der Waals surface area contributed by atoms with Crippen LogP contribution in [0.15, 0.2) is 0 Å². The third-order valence-corrected chi connectivity index (χ3v) is 2.59. The maximum atomic E-state index is 10.2. The molecule has 1 heterocycles. The standard InChI is InChI=1S/C8H18NO.BClF3/c1-3-9(8-10-2)6-4-5-7-9;2-1(3,4)5/h3-8H2,1-2H3;/q+1;-1. The maximum absolute atomic E-state index is 10.2. The summed E-state index contributed by atoms with van der Waals surface area (Å²) in [5.41, 5.74) is 0. The summed E-state index contributed by atoms with van der Waals surface area (Å²) in [6.07, 6.45) is -2.26. The summed E-state index contributed by atoms with van der Waals surface area (Å²) in [5, 5.41) is 0. The van der Waals surface area contributed by atoms with Gasteiger partial charge in [-0.1, -0.05) is 0 Å². The minimum absolute atomic E-state index is 0.913. The van der Waals surface area contributed by atoms with E-state index in [9.17, 15) is 12.9 Å². The zero-order valence-electron chi connectivity index (χ0n) is 9.19. The predicted octanol–water partition coefficient (Wildman–Crippen LogP) is 2.79.